The lowest BCUT2D eigenvalue weighted by atomic mass is 10.3. The molecule has 0 unspecified atom stereocenters. The number of aromatic amines is 2. The van der Waals surface area contributed by atoms with Gasteiger partial charge in [-0.2, -0.15) is 9.40 Å². The van der Waals surface area contributed by atoms with Crippen LogP contribution in [0.1, 0.15) is 5.69 Å². The second kappa shape index (κ2) is 6.22. The molecule has 0 atom stereocenters. The molecule has 26 heavy (non-hydrogen) atoms. The lowest BCUT2D eigenvalue weighted by Crippen LogP contribution is -2.49. The zero-order valence-electron chi connectivity index (χ0n) is 14.1. The Kier molecular flexibility index (Phi) is 4.00. The first-order chi connectivity index (χ1) is 12.4. The molecule has 0 saturated carbocycles. The first kappa shape index (κ1) is 16.7. The van der Waals surface area contributed by atoms with Crippen molar-refractivity contribution in [3.8, 4) is 0 Å². The van der Waals surface area contributed by atoms with Gasteiger partial charge in [0.1, 0.15) is 0 Å². The summed E-state index contributed by atoms with van der Waals surface area (Å²) >= 11 is 0. The number of fused-ring (bicyclic) bond motifs is 1. The van der Waals surface area contributed by atoms with Crippen LogP contribution in [0.15, 0.2) is 40.0 Å². The number of hydrogen-bond donors (Lipinski definition) is 2. The van der Waals surface area contributed by atoms with Crippen molar-refractivity contribution in [2.24, 2.45) is 0 Å². The lowest BCUT2D eigenvalue weighted by molar-refractivity contribution is 0.383. The summed E-state index contributed by atoms with van der Waals surface area (Å²) < 4.78 is 27.3. The van der Waals surface area contributed by atoms with Gasteiger partial charge in [-0.15, -0.1) is 5.10 Å². The molecule has 2 N–H and O–H groups in total. The molecule has 2 aromatic heterocycles. The normalized spacial score (nSPS) is 16.3. The Bertz CT molecular complexity index is 1090. The van der Waals surface area contributed by atoms with E-state index in [1.54, 1.807) is 6.07 Å². The van der Waals surface area contributed by atoms with Crippen LogP contribution in [0.2, 0.25) is 0 Å². The molecule has 1 fully saturated rings. The fourth-order valence-electron chi connectivity index (χ4n) is 3.04. The van der Waals surface area contributed by atoms with Crippen LogP contribution in [-0.4, -0.2) is 59.1 Å². The van der Waals surface area contributed by atoms with Crippen LogP contribution in [0, 0.1) is 6.92 Å². The SMILES string of the molecule is Cc1ccc(N2CCN(S(=O)(=O)c3ccc4[nH]c(=O)[nH]c4c3)CC2)nn1. The number of benzene rings is 1. The van der Waals surface area contributed by atoms with Gasteiger partial charge in [-0.3, -0.25) is 0 Å². The van der Waals surface area contributed by atoms with Crippen LogP contribution in [0.5, 0.6) is 0 Å². The van der Waals surface area contributed by atoms with E-state index in [9.17, 15) is 13.2 Å². The Morgan fingerprint density at radius 2 is 1.69 bits per heavy atom. The average Bonchev–Trinajstić information content (AvgIpc) is 3.01. The van der Waals surface area contributed by atoms with Crippen LogP contribution < -0.4 is 10.6 Å². The van der Waals surface area contributed by atoms with Crippen molar-refractivity contribution < 1.29 is 8.42 Å². The van der Waals surface area contributed by atoms with E-state index in [2.05, 4.69) is 20.2 Å². The highest BCUT2D eigenvalue weighted by molar-refractivity contribution is 7.89. The molecule has 1 aliphatic heterocycles. The predicted octanol–water partition coefficient (Wildman–Crippen LogP) is 0.466. The fraction of sp³-hybridized carbons (Fsp3) is 0.312. The monoisotopic (exact) mass is 374 g/mol. The molecule has 3 heterocycles. The van der Waals surface area contributed by atoms with Gasteiger partial charge >= 0.3 is 5.69 Å². The molecule has 4 rings (SSSR count). The van der Waals surface area contributed by atoms with Crippen LogP contribution in [0.4, 0.5) is 5.82 Å². The van der Waals surface area contributed by atoms with E-state index in [-0.39, 0.29) is 10.6 Å². The van der Waals surface area contributed by atoms with E-state index in [1.807, 2.05) is 24.0 Å². The van der Waals surface area contributed by atoms with Crippen molar-refractivity contribution >= 4 is 26.9 Å². The minimum atomic E-state index is -3.62. The van der Waals surface area contributed by atoms with E-state index in [4.69, 9.17) is 0 Å². The summed E-state index contributed by atoms with van der Waals surface area (Å²) in [6.45, 7) is 3.68. The number of nitrogens with zero attached hydrogens (tertiary/aromatic N) is 4. The molecule has 9 nitrogen and oxygen atoms in total. The molecular weight excluding hydrogens is 356 g/mol. The Morgan fingerprint density at radius 1 is 0.962 bits per heavy atom. The standard InChI is InChI=1S/C16H18N6O3S/c1-11-2-5-15(20-19-11)21-6-8-22(9-7-21)26(24,25)12-3-4-13-14(10-12)18-16(23)17-13/h2-5,10H,6-9H2,1H3,(H2,17,18,23). The van der Waals surface area contributed by atoms with Gasteiger partial charge in [0, 0.05) is 26.2 Å². The van der Waals surface area contributed by atoms with Crippen molar-refractivity contribution in [2.75, 3.05) is 31.1 Å². The van der Waals surface area contributed by atoms with Crippen molar-refractivity contribution in [1.82, 2.24) is 24.5 Å². The molecule has 0 amide bonds. The average molecular weight is 374 g/mol. The molecule has 10 heteroatoms. The van der Waals surface area contributed by atoms with Crippen LogP contribution in [0.25, 0.3) is 11.0 Å². The summed E-state index contributed by atoms with van der Waals surface area (Å²) in [5.74, 6) is 0.749. The van der Waals surface area contributed by atoms with E-state index < -0.39 is 10.0 Å². The first-order valence-corrected chi connectivity index (χ1v) is 9.65. The number of nitrogens with one attached hydrogen (secondary N) is 2. The third-order valence-electron chi connectivity index (χ3n) is 4.47. The number of imidazole rings is 1. The molecule has 0 radical (unpaired) electrons. The van der Waals surface area contributed by atoms with Crippen molar-refractivity contribution in [3.63, 3.8) is 0 Å². The van der Waals surface area contributed by atoms with Gasteiger partial charge in [0.15, 0.2) is 5.82 Å². The van der Waals surface area contributed by atoms with Crippen LogP contribution >= 0.6 is 0 Å². The van der Waals surface area contributed by atoms with Crippen molar-refractivity contribution in [3.05, 3.63) is 46.5 Å². The van der Waals surface area contributed by atoms with E-state index >= 15 is 0 Å². The Morgan fingerprint density at radius 3 is 2.38 bits per heavy atom. The van der Waals surface area contributed by atoms with Crippen LogP contribution in [0.3, 0.4) is 0 Å². The molecule has 1 aliphatic rings. The third-order valence-corrected chi connectivity index (χ3v) is 6.37. The highest BCUT2D eigenvalue weighted by Gasteiger charge is 2.29. The highest BCUT2D eigenvalue weighted by Crippen LogP contribution is 2.22. The minimum absolute atomic E-state index is 0.170. The minimum Gasteiger partial charge on any atom is -0.352 e. The van der Waals surface area contributed by atoms with Crippen molar-refractivity contribution in [1.29, 1.82) is 0 Å². The van der Waals surface area contributed by atoms with Crippen molar-refractivity contribution in [2.45, 2.75) is 11.8 Å². The molecule has 136 valence electrons. The van der Waals surface area contributed by atoms with Gasteiger partial charge in [0.05, 0.1) is 21.6 Å². The number of piperazine rings is 1. The van der Waals surface area contributed by atoms with Gasteiger partial charge in [-0.25, -0.2) is 13.2 Å². The van der Waals surface area contributed by atoms with Crippen LogP contribution in [-0.2, 0) is 10.0 Å². The summed E-state index contributed by atoms with van der Waals surface area (Å²) in [5, 5.41) is 8.20. The number of H-pyrrole nitrogens is 2. The molecule has 1 saturated heterocycles. The van der Waals surface area contributed by atoms with Gasteiger partial charge < -0.3 is 14.9 Å². The Labute approximate surface area is 149 Å². The number of hydrogen-bond acceptors (Lipinski definition) is 6. The van der Waals surface area contributed by atoms with Gasteiger partial charge in [0.2, 0.25) is 10.0 Å². The second-order valence-electron chi connectivity index (χ2n) is 6.21. The zero-order chi connectivity index (χ0) is 18.3. The second-order valence-corrected chi connectivity index (χ2v) is 8.15. The summed E-state index contributed by atoms with van der Waals surface area (Å²) in [6, 6.07) is 8.37. The van der Waals surface area contributed by atoms with E-state index in [1.165, 1.54) is 16.4 Å². The molecule has 0 spiro atoms. The summed E-state index contributed by atoms with van der Waals surface area (Å²) in [5.41, 5.74) is 1.54. The first-order valence-electron chi connectivity index (χ1n) is 8.21. The highest BCUT2D eigenvalue weighted by atomic mass is 32.2. The maximum atomic E-state index is 12.9. The third kappa shape index (κ3) is 2.97. The maximum Gasteiger partial charge on any atom is 0.323 e. The molecule has 0 bridgehead atoms. The molecular formula is C16H18N6O3S. The topological polar surface area (TPSA) is 115 Å². The Hall–Kier alpha value is -2.72. The smallest absolute Gasteiger partial charge is 0.323 e. The number of aromatic nitrogens is 4. The number of anilines is 1. The number of rotatable bonds is 3. The maximum absolute atomic E-state index is 12.9. The predicted molar refractivity (Wildman–Crippen MR) is 96.7 cm³/mol. The van der Waals surface area contributed by atoms with Gasteiger partial charge in [0.25, 0.3) is 0 Å². The largest absolute Gasteiger partial charge is 0.352 e. The molecule has 3 aromatic rings. The lowest BCUT2D eigenvalue weighted by Gasteiger charge is -2.34. The molecule has 0 aliphatic carbocycles. The summed E-state index contributed by atoms with van der Waals surface area (Å²) in [7, 11) is -3.62. The fourth-order valence-corrected chi connectivity index (χ4v) is 4.49. The van der Waals surface area contributed by atoms with E-state index in [0.29, 0.717) is 37.2 Å². The number of aryl methyl sites for hydroxylation is 1. The van der Waals surface area contributed by atoms with E-state index in [0.717, 1.165) is 11.5 Å². The molecule has 1 aromatic carbocycles. The Balaban J connectivity index is 1.53. The zero-order valence-corrected chi connectivity index (χ0v) is 15.0. The quantitative estimate of drug-likeness (QED) is 0.688. The summed E-state index contributed by atoms with van der Waals surface area (Å²) in [4.78, 5) is 18.7. The number of sulfonamides is 1. The van der Waals surface area contributed by atoms with Gasteiger partial charge in [-0.05, 0) is 37.3 Å². The summed E-state index contributed by atoms with van der Waals surface area (Å²) in [6.07, 6.45) is 0. The van der Waals surface area contributed by atoms with Gasteiger partial charge in [-0.1, -0.05) is 0 Å².